The van der Waals surface area contributed by atoms with Gasteiger partial charge in [-0.3, -0.25) is 14.3 Å². The van der Waals surface area contributed by atoms with Gasteiger partial charge in [-0.25, -0.2) is 9.98 Å². The standard InChI is InChI=1S/C18H12N4O2S/c23-16-14(9-11-10-20-15-13(11)7-4-8-19-15)17(24)22(18(25)21-16)12-5-2-1-3-6-12/h1-10,24H,(H,21,23,25)/b11-9+. The third kappa shape index (κ3) is 2.60. The SMILES string of the molecule is O=c1[nH]c(=S)n(-c2ccccc2)c(O)c1/C=C1\C=Nc2ncccc21. The lowest BCUT2D eigenvalue weighted by Crippen LogP contribution is -2.16. The van der Waals surface area contributed by atoms with Gasteiger partial charge < -0.3 is 5.11 Å². The number of pyridine rings is 1. The van der Waals surface area contributed by atoms with Crippen LogP contribution in [0.5, 0.6) is 5.88 Å². The van der Waals surface area contributed by atoms with Crippen molar-refractivity contribution < 1.29 is 5.11 Å². The molecule has 0 radical (unpaired) electrons. The van der Waals surface area contributed by atoms with Gasteiger partial charge in [0.1, 0.15) is 5.56 Å². The van der Waals surface area contributed by atoms with Crippen molar-refractivity contribution in [1.82, 2.24) is 14.5 Å². The Balaban J connectivity index is 1.93. The van der Waals surface area contributed by atoms with E-state index in [1.165, 1.54) is 4.57 Å². The van der Waals surface area contributed by atoms with Crippen LogP contribution in [0.1, 0.15) is 11.1 Å². The molecule has 122 valence electrons. The molecule has 2 aromatic heterocycles. The summed E-state index contributed by atoms with van der Waals surface area (Å²) in [5.74, 6) is 0.360. The minimum absolute atomic E-state index is 0.107. The van der Waals surface area contributed by atoms with Crippen molar-refractivity contribution in [2.75, 3.05) is 0 Å². The smallest absolute Gasteiger partial charge is 0.262 e. The fraction of sp³-hybridized carbons (Fsp3) is 0. The largest absolute Gasteiger partial charge is 0.494 e. The number of nitrogens with zero attached hydrogens (tertiary/aromatic N) is 3. The Morgan fingerprint density at radius 2 is 1.96 bits per heavy atom. The molecule has 1 aromatic carbocycles. The third-order valence-electron chi connectivity index (χ3n) is 3.86. The molecule has 1 aliphatic rings. The fourth-order valence-electron chi connectivity index (χ4n) is 2.68. The molecule has 0 saturated carbocycles. The van der Waals surface area contributed by atoms with Gasteiger partial charge >= 0.3 is 0 Å². The normalized spacial score (nSPS) is 14.0. The van der Waals surface area contributed by atoms with Gasteiger partial charge in [0.2, 0.25) is 5.88 Å². The van der Waals surface area contributed by atoms with E-state index in [0.717, 1.165) is 5.56 Å². The highest BCUT2D eigenvalue weighted by Crippen LogP contribution is 2.31. The minimum Gasteiger partial charge on any atom is -0.494 e. The summed E-state index contributed by atoms with van der Waals surface area (Å²) in [6.45, 7) is 0. The van der Waals surface area contributed by atoms with Crippen LogP contribution < -0.4 is 5.56 Å². The predicted molar refractivity (Wildman–Crippen MR) is 99.1 cm³/mol. The monoisotopic (exact) mass is 348 g/mol. The number of aromatic nitrogens is 3. The number of hydrogen-bond donors (Lipinski definition) is 2. The summed E-state index contributed by atoms with van der Waals surface area (Å²) in [6, 6.07) is 12.7. The maximum atomic E-state index is 12.3. The van der Waals surface area contributed by atoms with Crippen molar-refractivity contribution in [3.05, 3.63) is 74.9 Å². The van der Waals surface area contributed by atoms with Crippen LogP contribution in [0.4, 0.5) is 5.82 Å². The van der Waals surface area contributed by atoms with Gasteiger partial charge in [-0.15, -0.1) is 0 Å². The van der Waals surface area contributed by atoms with Crippen molar-refractivity contribution >= 4 is 35.9 Å². The molecule has 1 aliphatic heterocycles. The zero-order chi connectivity index (χ0) is 17.4. The summed E-state index contributed by atoms with van der Waals surface area (Å²) in [6.07, 6.45) is 4.85. The van der Waals surface area contributed by atoms with Gasteiger partial charge in [0.05, 0.1) is 5.69 Å². The van der Waals surface area contributed by atoms with Crippen LogP contribution in [0.15, 0.2) is 58.4 Å². The van der Waals surface area contributed by atoms with E-state index >= 15 is 0 Å². The first-order chi connectivity index (χ1) is 12.1. The van der Waals surface area contributed by atoms with E-state index in [2.05, 4.69) is 15.0 Å². The van der Waals surface area contributed by atoms with E-state index < -0.39 is 5.56 Å². The first-order valence-corrected chi connectivity index (χ1v) is 7.91. The lowest BCUT2D eigenvalue weighted by atomic mass is 10.1. The molecule has 0 unspecified atom stereocenters. The van der Waals surface area contributed by atoms with Crippen molar-refractivity contribution in [1.29, 1.82) is 0 Å². The zero-order valence-electron chi connectivity index (χ0n) is 12.9. The number of benzene rings is 1. The number of allylic oxidation sites excluding steroid dienone is 1. The second-order valence-electron chi connectivity index (χ2n) is 5.40. The quantitative estimate of drug-likeness (QED) is 0.697. The van der Waals surface area contributed by atoms with E-state index in [1.807, 2.05) is 24.3 Å². The molecule has 0 amide bonds. The highest BCUT2D eigenvalue weighted by Gasteiger charge is 2.17. The molecule has 2 N–H and O–H groups in total. The van der Waals surface area contributed by atoms with E-state index in [9.17, 15) is 9.90 Å². The fourth-order valence-corrected chi connectivity index (χ4v) is 2.97. The second-order valence-corrected chi connectivity index (χ2v) is 5.79. The van der Waals surface area contributed by atoms with Crippen molar-refractivity contribution in [3.8, 4) is 11.6 Å². The molecule has 4 rings (SSSR count). The second kappa shape index (κ2) is 5.95. The topological polar surface area (TPSA) is 83.3 Å². The molecular formula is C18H12N4O2S. The number of rotatable bonds is 2. The lowest BCUT2D eigenvalue weighted by Gasteiger charge is -2.11. The Kier molecular flexibility index (Phi) is 3.62. The predicted octanol–water partition coefficient (Wildman–Crippen LogP) is 3.25. The van der Waals surface area contributed by atoms with Crippen molar-refractivity contribution in [2.45, 2.75) is 0 Å². The highest BCUT2D eigenvalue weighted by molar-refractivity contribution is 7.71. The summed E-state index contributed by atoms with van der Waals surface area (Å²) in [7, 11) is 0. The van der Waals surface area contributed by atoms with Crippen LogP contribution in [0.2, 0.25) is 0 Å². The van der Waals surface area contributed by atoms with Crippen molar-refractivity contribution in [2.24, 2.45) is 4.99 Å². The Morgan fingerprint density at radius 1 is 1.16 bits per heavy atom. The molecule has 7 heteroatoms. The van der Waals surface area contributed by atoms with Gasteiger partial charge in [0.25, 0.3) is 5.56 Å². The number of hydrogen-bond acceptors (Lipinski definition) is 5. The number of aliphatic imine (C=N–C) groups is 1. The average Bonchev–Trinajstić information content (AvgIpc) is 3.02. The maximum Gasteiger partial charge on any atom is 0.262 e. The molecular weight excluding hydrogens is 336 g/mol. The number of H-pyrrole nitrogens is 1. The molecule has 3 aromatic rings. The van der Waals surface area contributed by atoms with E-state index in [1.54, 1.807) is 36.7 Å². The maximum absolute atomic E-state index is 12.3. The van der Waals surface area contributed by atoms with Crippen LogP contribution in [0.25, 0.3) is 17.3 Å². The number of para-hydroxylation sites is 1. The van der Waals surface area contributed by atoms with Crippen molar-refractivity contribution in [3.63, 3.8) is 0 Å². The van der Waals surface area contributed by atoms with Crippen LogP contribution >= 0.6 is 12.2 Å². The zero-order valence-corrected chi connectivity index (χ0v) is 13.7. The van der Waals surface area contributed by atoms with E-state index in [0.29, 0.717) is 17.1 Å². The lowest BCUT2D eigenvalue weighted by molar-refractivity contribution is 0.432. The molecule has 0 bridgehead atoms. The summed E-state index contributed by atoms with van der Waals surface area (Å²) in [5.41, 5.74) is 1.79. The third-order valence-corrected chi connectivity index (χ3v) is 4.14. The summed E-state index contributed by atoms with van der Waals surface area (Å²) < 4.78 is 1.54. The number of fused-ring (bicyclic) bond motifs is 1. The van der Waals surface area contributed by atoms with Crippen LogP contribution in [-0.2, 0) is 0 Å². The number of aromatic hydroxyl groups is 1. The molecule has 0 spiro atoms. The summed E-state index contributed by atoms with van der Waals surface area (Å²) >= 11 is 5.20. The van der Waals surface area contributed by atoms with E-state index in [-0.39, 0.29) is 16.2 Å². The molecule has 0 fully saturated rings. The molecule has 3 heterocycles. The van der Waals surface area contributed by atoms with E-state index in [4.69, 9.17) is 12.2 Å². The van der Waals surface area contributed by atoms with Gasteiger partial charge in [-0.1, -0.05) is 18.2 Å². The Morgan fingerprint density at radius 3 is 2.76 bits per heavy atom. The summed E-state index contributed by atoms with van der Waals surface area (Å²) in [4.78, 5) is 23.3. The molecule has 0 aliphatic carbocycles. The van der Waals surface area contributed by atoms with Gasteiger partial charge in [0.15, 0.2) is 10.6 Å². The molecule has 25 heavy (non-hydrogen) atoms. The number of aromatic amines is 1. The van der Waals surface area contributed by atoms with Gasteiger partial charge in [-0.05, 0) is 42.6 Å². The van der Waals surface area contributed by atoms with Crippen LogP contribution in [0, 0.1) is 4.77 Å². The van der Waals surface area contributed by atoms with Crippen LogP contribution in [0.3, 0.4) is 0 Å². The summed E-state index contributed by atoms with van der Waals surface area (Å²) in [5, 5.41) is 10.7. The Bertz CT molecular complexity index is 1140. The molecule has 6 nitrogen and oxygen atoms in total. The molecule has 0 saturated heterocycles. The number of nitrogens with one attached hydrogen (secondary N) is 1. The van der Waals surface area contributed by atoms with Gasteiger partial charge in [-0.2, -0.15) is 0 Å². The van der Waals surface area contributed by atoms with Gasteiger partial charge in [0, 0.05) is 23.5 Å². The Hall–Kier alpha value is -3.32. The molecule has 0 atom stereocenters. The van der Waals surface area contributed by atoms with Crippen LogP contribution in [-0.4, -0.2) is 25.9 Å². The Labute approximate surface area is 147 Å². The first-order valence-electron chi connectivity index (χ1n) is 7.50. The average molecular weight is 348 g/mol. The highest BCUT2D eigenvalue weighted by atomic mass is 32.1. The first kappa shape index (κ1) is 15.2. The minimum atomic E-state index is -0.465.